The fraction of sp³-hybridized carbons (Fsp3) is 0.381. The first-order chi connectivity index (χ1) is 13.7. The van der Waals surface area contributed by atoms with Crippen LogP contribution in [0.15, 0.2) is 41.0 Å². The van der Waals surface area contributed by atoms with Crippen LogP contribution in [0.1, 0.15) is 18.4 Å². The van der Waals surface area contributed by atoms with Crippen molar-refractivity contribution in [2.75, 3.05) is 31.9 Å². The molecule has 7 heteroatoms. The highest BCUT2D eigenvalue weighted by Crippen LogP contribution is 2.38. The van der Waals surface area contributed by atoms with E-state index in [1.54, 1.807) is 29.4 Å². The Labute approximate surface area is 173 Å². The van der Waals surface area contributed by atoms with E-state index in [4.69, 9.17) is 0 Å². The average molecular weight is 413 g/mol. The number of aromatic nitrogens is 2. The molecule has 1 fully saturated rings. The number of nitrogens with one attached hydrogen (secondary N) is 1. The van der Waals surface area contributed by atoms with Crippen molar-refractivity contribution in [2.24, 2.45) is 0 Å². The summed E-state index contributed by atoms with van der Waals surface area (Å²) >= 11 is 3.30. The number of hydrogen-bond acceptors (Lipinski definition) is 6. The van der Waals surface area contributed by atoms with E-state index in [1.165, 1.54) is 16.7 Å². The Kier molecular flexibility index (Phi) is 6.24. The average Bonchev–Trinajstić information content (AvgIpc) is 2.95. The Morgan fingerprint density at radius 2 is 2.07 bits per heavy atom. The minimum Gasteiger partial charge on any atom is -0.341 e. The molecule has 1 aromatic carbocycles. The first-order valence-electron chi connectivity index (χ1n) is 9.63. The lowest BCUT2D eigenvalue weighted by atomic mass is 10.1. The normalized spacial score (nSPS) is 15.0. The van der Waals surface area contributed by atoms with Gasteiger partial charge in [0.2, 0.25) is 5.91 Å². The molecule has 3 aromatic rings. The van der Waals surface area contributed by atoms with Gasteiger partial charge in [-0.3, -0.25) is 4.79 Å². The van der Waals surface area contributed by atoms with Crippen LogP contribution in [0.3, 0.4) is 0 Å². The lowest BCUT2D eigenvalue weighted by Gasteiger charge is -2.19. The molecule has 1 N–H and O–H groups in total. The van der Waals surface area contributed by atoms with Gasteiger partial charge >= 0.3 is 0 Å². The number of thioether (sulfide) groups is 1. The molecule has 3 heterocycles. The van der Waals surface area contributed by atoms with E-state index in [0.717, 1.165) is 53.6 Å². The summed E-state index contributed by atoms with van der Waals surface area (Å²) in [4.78, 5) is 24.5. The number of carbonyl (C=O) groups excluding carboxylic acids is 1. The summed E-state index contributed by atoms with van der Waals surface area (Å²) in [6, 6.07) is 8.55. The molecule has 0 unspecified atom stereocenters. The number of fused-ring (bicyclic) bond motifs is 1. The standard InChI is InChI=1S/C21H24N4OS2/c1-15-3-5-16(6-4-15)17-13-28-21-19(17)20(23-14-24-21)27-12-7-18(26)25-10-2-8-22-9-11-25/h3-6,13-14,22H,2,7-12H2,1H3. The van der Waals surface area contributed by atoms with E-state index in [2.05, 4.69) is 51.9 Å². The van der Waals surface area contributed by atoms with Crippen molar-refractivity contribution in [1.82, 2.24) is 20.2 Å². The summed E-state index contributed by atoms with van der Waals surface area (Å²) in [6.45, 7) is 5.65. The molecule has 5 nitrogen and oxygen atoms in total. The Hall–Kier alpha value is -1.96. The highest BCUT2D eigenvalue weighted by atomic mass is 32.2. The molecular formula is C21H24N4OS2. The smallest absolute Gasteiger partial charge is 0.223 e. The summed E-state index contributed by atoms with van der Waals surface area (Å²) in [6.07, 6.45) is 3.20. The van der Waals surface area contributed by atoms with Crippen molar-refractivity contribution in [3.05, 3.63) is 41.5 Å². The van der Waals surface area contributed by atoms with E-state index in [1.807, 2.05) is 4.90 Å². The predicted octanol–water partition coefficient (Wildman–Crippen LogP) is 3.97. The molecule has 146 valence electrons. The largest absolute Gasteiger partial charge is 0.341 e. The van der Waals surface area contributed by atoms with Crippen LogP contribution in [-0.4, -0.2) is 52.7 Å². The van der Waals surface area contributed by atoms with Crippen molar-refractivity contribution >= 4 is 39.2 Å². The maximum absolute atomic E-state index is 12.5. The van der Waals surface area contributed by atoms with Crippen LogP contribution in [0, 0.1) is 6.92 Å². The van der Waals surface area contributed by atoms with Gasteiger partial charge in [0.05, 0.1) is 5.39 Å². The summed E-state index contributed by atoms with van der Waals surface area (Å²) in [7, 11) is 0. The van der Waals surface area contributed by atoms with Crippen molar-refractivity contribution in [1.29, 1.82) is 0 Å². The van der Waals surface area contributed by atoms with Gasteiger partial charge in [-0.25, -0.2) is 9.97 Å². The van der Waals surface area contributed by atoms with Crippen LogP contribution >= 0.6 is 23.1 Å². The van der Waals surface area contributed by atoms with Gasteiger partial charge in [-0.15, -0.1) is 23.1 Å². The van der Waals surface area contributed by atoms with E-state index >= 15 is 0 Å². The van der Waals surface area contributed by atoms with Crippen molar-refractivity contribution in [3.63, 3.8) is 0 Å². The molecule has 0 bridgehead atoms. The molecule has 28 heavy (non-hydrogen) atoms. The number of rotatable bonds is 5. The van der Waals surface area contributed by atoms with Crippen LogP contribution in [0.5, 0.6) is 0 Å². The van der Waals surface area contributed by atoms with Crippen LogP contribution in [0.25, 0.3) is 21.3 Å². The monoisotopic (exact) mass is 412 g/mol. The Bertz CT molecular complexity index is 947. The Balaban J connectivity index is 1.48. The van der Waals surface area contributed by atoms with Crippen molar-refractivity contribution in [3.8, 4) is 11.1 Å². The zero-order valence-corrected chi connectivity index (χ0v) is 17.6. The summed E-state index contributed by atoms with van der Waals surface area (Å²) < 4.78 is 0. The third kappa shape index (κ3) is 4.37. The first kappa shape index (κ1) is 19.4. The second-order valence-electron chi connectivity index (χ2n) is 6.96. The third-order valence-corrected chi connectivity index (χ3v) is 6.82. The van der Waals surface area contributed by atoms with Gasteiger partial charge in [-0.2, -0.15) is 0 Å². The van der Waals surface area contributed by atoms with Crippen molar-refractivity contribution in [2.45, 2.75) is 24.8 Å². The molecule has 0 aliphatic carbocycles. The Morgan fingerprint density at radius 1 is 1.21 bits per heavy atom. The summed E-state index contributed by atoms with van der Waals surface area (Å²) in [5.74, 6) is 0.975. The topological polar surface area (TPSA) is 58.1 Å². The molecule has 1 amide bonds. The molecule has 0 saturated carbocycles. The van der Waals surface area contributed by atoms with Gasteiger partial charge in [0.15, 0.2) is 0 Å². The maximum Gasteiger partial charge on any atom is 0.223 e. The van der Waals surface area contributed by atoms with E-state index in [0.29, 0.717) is 6.42 Å². The van der Waals surface area contributed by atoms with Gasteiger partial charge in [0, 0.05) is 42.8 Å². The molecule has 2 aromatic heterocycles. The highest BCUT2D eigenvalue weighted by molar-refractivity contribution is 7.99. The molecule has 0 atom stereocenters. The SMILES string of the molecule is Cc1ccc(-c2csc3ncnc(SCCC(=O)N4CCCNCC4)c23)cc1. The maximum atomic E-state index is 12.5. The Morgan fingerprint density at radius 3 is 2.93 bits per heavy atom. The van der Waals surface area contributed by atoms with Crippen LogP contribution < -0.4 is 5.32 Å². The molecule has 1 aliphatic rings. The van der Waals surface area contributed by atoms with Gasteiger partial charge in [-0.1, -0.05) is 29.8 Å². The lowest BCUT2D eigenvalue weighted by Crippen LogP contribution is -2.34. The van der Waals surface area contributed by atoms with Crippen molar-refractivity contribution < 1.29 is 4.79 Å². The zero-order valence-electron chi connectivity index (χ0n) is 16.0. The third-order valence-electron chi connectivity index (χ3n) is 4.95. The molecular weight excluding hydrogens is 388 g/mol. The fourth-order valence-electron chi connectivity index (χ4n) is 3.39. The fourth-order valence-corrected chi connectivity index (χ4v) is 5.31. The number of nitrogens with zero attached hydrogens (tertiary/aromatic N) is 3. The quantitative estimate of drug-likeness (QED) is 0.508. The van der Waals surface area contributed by atoms with E-state index in [9.17, 15) is 4.79 Å². The second kappa shape index (κ2) is 9.03. The molecule has 4 rings (SSSR count). The zero-order chi connectivity index (χ0) is 19.3. The molecule has 1 saturated heterocycles. The highest BCUT2D eigenvalue weighted by Gasteiger charge is 2.17. The van der Waals surface area contributed by atoms with Gasteiger partial charge < -0.3 is 10.2 Å². The van der Waals surface area contributed by atoms with Crippen LogP contribution in [0.2, 0.25) is 0 Å². The summed E-state index contributed by atoms with van der Waals surface area (Å²) in [5, 5.41) is 7.57. The molecule has 0 radical (unpaired) electrons. The van der Waals surface area contributed by atoms with Crippen LogP contribution in [0.4, 0.5) is 0 Å². The van der Waals surface area contributed by atoms with Gasteiger partial charge in [0.25, 0.3) is 0 Å². The molecule has 0 spiro atoms. The first-order valence-corrected chi connectivity index (χ1v) is 11.5. The number of benzene rings is 1. The minimum atomic E-state index is 0.241. The minimum absolute atomic E-state index is 0.241. The molecule has 1 aliphatic heterocycles. The number of hydrogen-bond donors (Lipinski definition) is 1. The van der Waals surface area contributed by atoms with Gasteiger partial charge in [-0.05, 0) is 25.5 Å². The number of thiophene rings is 1. The van der Waals surface area contributed by atoms with E-state index in [-0.39, 0.29) is 5.91 Å². The predicted molar refractivity (Wildman–Crippen MR) is 117 cm³/mol. The summed E-state index contributed by atoms with van der Waals surface area (Å²) in [5.41, 5.74) is 3.60. The number of carbonyl (C=O) groups is 1. The van der Waals surface area contributed by atoms with E-state index < -0.39 is 0 Å². The van der Waals surface area contributed by atoms with Crippen LogP contribution in [-0.2, 0) is 4.79 Å². The number of amides is 1. The lowest BCUT2D eigenvalue weighted by molar-refractivity contribution is -0.130. The van der Waals surface area contributed by atoms with Gasteiger partial charge in [0.1, 0.15) is 16.2 Å². The second-order valence-corrected chi connectivity index (χ2v) is 8.90. The number of aryl methyl sites for hydroxylation is 1.